The Bertz CT molecular complexity index is 1040. The Morgan fingerprint density at radius 1 is 0.833 bits per heavy atom. The molecule has 0 atom stereocenters. The van der Waals surface area contributed by atoms with Crippen molar-refractivity contribution in [3.05, 3.63) is 69.8 Å². The number of aromatic carboxylic acids is 1. The second-order valence-corrected chi connectivity index (χ2v) is 8.46. The summed E-state index contributed by atoms with van der Waals surface area (Å²) in [6.07, 6.45) is 4.19. The van der Waals surface area contributed by atoms with Gasteiger partial charge in [0.05, 0.1) is 5.56 Å². The molecule has 0 saturated heterocycles. The van der Waals surface area contributed by atoms with Crippen molar-refractivity contribution in [3.8, 4) is 20.9 Å². The first-order chi connectivity index (χ1) is 14.5. The molecule has 1 heterocycles. The number of carbonyl (C=O) groups is 2. The smallest absolute Gasteiger partial charge is 0.335 e. The van der Waals surface area contributed by atoms with E-state index in [9.17, 15) is 14.7 Å². The molecule has 0 saturated carbocycles. The van der Waals surface area contributed by atoms with E-state index in [0.29, 0.717) is 5.56 Å². The first-order valence-corrected chi connectivity index (χ1v) is 11.4. The molecule has 4 heteroatoms. The van der Waals surface area contributed by atoms with Gasteiger partial charge < -0.3 is 5.11 Å². The molecule has 156 valence electrons. The lowest BCUT2D eigenvalue weighted by Crippen LogP contribution is -2.02. The van der Waals surface area contributed by atoms with Gasteiger partial charge in [-0.3, -0.25) is 4.79 Å². The van der Waals surface area contributed by atoms with Crippen LogP contribution in [0.15, 0.2) is 36.4 Å². The number of carboxylic acid groups (broad SMARTS) is 1. The van der Waals surface area contributed by atoms with Gasteiger partial charge in [0.1, 0.15) is 0 Å². The molecule has 0 radical (unpaired) electrons. The number of carbonyl (C=O) groups excluding carboxylic acids is 1. The molecule has 30 heavy (non-hydrogen) atoms. The Hall–Kier alpha value is -2.72. The van der Waals surface area contributed by atoms with Crippen molar-refractivity contribution in [2.75, 3.05) is 0 Å². The summed E-state index contributed by atoms with van der Waals surface area (Å²) < 4.78 is 0. The molecule has 1 N–H and O–H groups in total. The fraction of sp³-hybridized carbons (Fsp3) is 0.308. The Balaban J connectivity index is 2.14. The van der Waals surface area contributed by atoms with Crippen LogP contribution in [0.25, 0.3) is 20.9 Å². The van der Waals surface area contributed by atoms with Crippen molar-refractivity contribution in [2.24, 2.45) is 0 Å². The van der Waals surface area contributed by atoms with E-state index in [1.807, 2.05) is 0 Å². The van der Waals surface area contributed by atoms with Crippen molar-refractivity contribution in [2.45, 2.75) is 53.4 Å². The van der Waals surface area contributed by atoms with E-state index in [1.54, 1.807) is 23.5 Å². The molecular formula is C26H28O3S. The van der Waals surface area contributed by atoms with Crippen LogP contribution in [0.3, 0.4) is 0 Å². The monoisotopic (exact) mass is 420 g/mol. The summed E-state index contributed by atoms with van der Waals surface area (Å²) in [5, 5.41) is 9.46. The minimum absolute atomic E-state index is 0.355. The maximum atomic E-state index is 11.6. The molecule has 1 aromatic heterocycles. The van der Waals surface area contributed by atoms with Crippen LogP contribution in [0, 0.1) is 0 Å². The molecule has 0 aliphatic carbocycles. The van der Waals surface area contributed by atoms with Crippen LogP contribution in [0.2, 0.25) is 0 Å². The quantitative estimate of drug-likeness (QED) is 0.406. The van der Waals surface area contributed by atoms with Gasteiger partial charge in [-0.05, 0) is 95.5 Å². The highest BCUT2D eigenvalue weighted by molar-refractivity contribution is 7.18. The number of benzene rings is 2. The maximum absolute atomic E-state index is 11.6. The predicted octanol–water partition coefficient (Wildman–Crippen LogP) is 6.84. The molecule has 0 aliphatic rings. The highest BCUT2D eigenvalue weighted by Gasteiger charge is 2.17. The van der Waals surface area contributed by atoms with Crippen molar-refractivity contribution < 1.29 is 14.7 Å². The Kier molecular flexibility index (Phi) is 6.88. The zero-order valence-corrected chi connectivity index (χ0v) is 18.9. The maximum Gasteiger partial charge on any atom is 0.335 e. The van der Waals surface area contributed by atoms with Crippen LogP contribution in [0.1, 0.15) is 70.7 Å². The summed E-state index contributed by atoms with van der Waals surface area (Å²) >= 11 is 1.73. The van der Waals surface area contributed by atoms with Crippen LogP contribution in [0.4, 0.5) is 0 Å². The van der Waals surface area contributed by atoms with Gasteiger partial charge in [0.15, 0.2) is 6.29 Å². The van der Waals surface area contributed by atoms with Gasteiger partial charge in [-0.1, -0.05) is 27.7 Å². The number of thiophene rings is 1. The highest BCUT2D eigenvalue weighted by atomic mass is 32.1. The average Bonchev–Trinajstić information content (AvgIpc) is 3.26. The lowest BCUT2D eigenvalue weighted by molar-refractivity contribution is 0.0696. The van der Waals surface area contributed by atoms with Crippen molar-refractivity contribution in [1.82, 2.24) is 0 Å². The minimum Gasteiger partial charge on any atom is -0.478 e. The molecule has 0 aliphatic heterocycles. The van der Waals surface area contributed by atoms with E-state index < -0.39 is 5.97 Å². The number of aldehydes is 1. The predicted molar refractivity (Wildman–Crippen MR) is 125 cm³/mol. The van der Waals surface area contributed by atoms with Gasteiger partial charge in [-0.15, -0.1) is 11.3 Å². The third-order valence-corrected chi connectivity index (χ3v) is 6.83. The molecule has 0 bridgehead atoms. The summed E-state index contributed by atoms with van der Waals surface area (Å²) in [4.78, 5) is 25.4. The second-order valence-electron chi connectivity index (χ2n) is 7.38. The topological polar surface area (TPSA) is 54.4 Å². The summed E-state index contributed by atoms with van der Waals surface area (Å²) in [5.74, 6) is -0.882. The van der Waals surface area contributed by atoms with Gasteiger partial charge in [0, 0.05) is 15.3 Å². The van der Waals surface area contributed by atoms with Crippen molar-refractivity contribution in [1.29, 1.82) is 0 Å². The summed E-state index contributed by atoms with van der Waals surface area (Å²) in [5.41, 5.74) is 7.80. The summed E-state index contributed by atoms with van der Waals surface area (Å²) in [6.45, 7) is 8.29. The summed E-state index contributed by atoms with van der Waals surface area (Å²) in [6, 6.07) is 12.2. The lowest BCUT2D eigenvalue weighted by atomic mass is 9.93. The van der Waals surface area contributed by atoms with Crippen molar-refractivity contribution in [3.63, 3.8) is 0 Å². The third kappa shape index (κ3) is 4.10. The van der Waals surface area contributed by atoms with E-state index in [0.717, 1.165) is 75.8 Å². The van der Waals surface area contributed by atoms with Crippen LogP contribution in [-0.4, -0.2) is 17.4 Å². The fourth-order valence-electron chi connectivity index (χ4n) is 4.05. The Labute approximate surface area is 182 Å². The van der Waals surface area contributed by atoms with Gasteiger partial charge in [-0.2, -0.15) is 0 Å². The summed E-state index contributed by atoms with van der Waals surface area (Å²) in [7, 11) is 0. The molecule has 3 nitrogen and oxygen atoms in total. The van der Waals surface area contributed by atoms with Gasteiger partial charge >= 0.3 is 5.97 Å². The SMILES string of the molecule is CCc1cc(-c2ccc(-c3c(CC)cc(C(=O)O)cc3CC)s2)cc(CC)c1C=O. The molecule has 0 unspecified atom stereocenters. The zero-order chi connectivity index (χ0) is 21.8. The third-order valence-electron chi connectivity index (χ3n) is 5.68. The van der Waals surface area contributed by atoms with Gasteiger partial charge in [-0.25, -0.2) is 4.79 Å². The molecule has 0 amide bonds. The van der Waals surface area contributed by atoms with Crippen LogP contribution in [0.5, 0.6) is 0 Å². The molecule has 2 aromatic carbocycles. The van der Waals surface area contributed by atoms with E-state index in [4.69, 9.17) is 0 Å². The molecule has 3 aromatic rings. The van der Waals surface area contributed by atoms with Gasteiger partial charge in [0.25, 0.3) is 0 Å². The molecular weight excluding hydrogens is 392 g/mol. The first-order valence-electron chi connectivity index (χ1n) is 10.6. The van der Waals surface area contributed by atoms with Crippen molar-refractivity contribution >= 4 is 23.6 Å². The largest absolute Gasteiger partial charge is 0.478 e. The molecule has 0 fully saturated rings. The fourth-order valence-corrected chi connectivity index (χ4v) is 5.16. The van der Waals surface area contributed by atoms with E-state index in [2.05, 4.69) is 52.0 Å². The molecule has 3 rings (SSSR count). The first kappa shape index (κ1) is 22.0. The van der Waals surface area contributed by atoms with E-state index in [1.165, 1.54) is 4.88 Å². The Morgan fingerprint density at radius 3 is 1.77 bits per heavy atom. The average molecular weight is 421 g/mol. The normalized spacial score (nSPS) is 10.9. The van der Waals surface area contributed by atoms with Gasteiger partial charge in [0.2, 0.25) is 0 Å². The number of aryl methyl sites for hydroxylation is 4. The zero-order valence-electron chi connectivity index (χ0n) is 18.0. The standard InChI is InChI=1S/C26H28O3S/c1-5-16-11-20(12-17(6-2)22(16)15-27)23-9-10-24(30-23)25-18(7-3)13-21(26(28)29)14-19(25)8-4/h9-15H,5-8H2,1-4H3,(H,28,29). The van der Waals surface area contributed by atoms with Crippen LogP contribution >= 0.6 is 11.3 Å². The number of rotatable bonds is 8. The Morgan fingerprint density at radius 2 is 1.33 bits per heavy atom. The minimum atomic E-state index is -0.882. The van der Waals surface area contributed by atoms with E-state index >= 15 is 0 Å². The number of hydrogen-bond acceptors (Lipinski definition) is 3. The van der Waals surface area contributed by atoms with Crippen LogP contribution in [-0.2, 0) is 25.7 Å². The van der Waals surface area contributed by atoms with E-state index in [-0.39, 0.29) is 0 Å². The lowest BCUT2D eigenvalue weighted by Gasteiger charge is -2.14. The number of hydrogen-bond donors (Lipinski definition) is 1. The number of carboxylic acids is 1. The van der Waals surface area contributed by atoms with Crippen LogP contribution < -0.4 is 0 Å². The highest BCUT2D eigenvalue weighted by Crippen LogP contribution is 2.39. The second kappa shape index (κ2) is 9.40. The molecule has 0 spiro atoms.